The first-order valence-corrected chi connectivity index (χ1v) is 9.50. The van der Waals surface area contributed by atoms with E-state index in [1.54, 1.807) is 21.7 Å². The average Bonchev–Trinajstić information content (AvgIpc) is 3.16. The van der Waals surface area contributed by atoms with Gasteiger partial charge in [0, 0.05) is 30.2 Å². The van der Waals surface area contributed by atoms with Crippen LogP contribution in [0.5, 0.6) is 0 Å². The molecule has 1 aliphatic rings. The van der Waals surface area contributed by atoms with Crippen LogP contribution in [0.1, 0.15) is 53.0 Å². The first-order valence-electron chi connectivity index (χ1n) is 8.62. The summed E-state index contributed by atoms with van der Waals surface area (Å²) in [5.74, 6) is 0.0559. The standard InChI is InChI=1S/C19H25N3OS/c1-15(18-12-20-14-24-18)21(2)19(23)17-8-6-16(7-9-17)13-22-10-4-3-5-11-22/h6-9,12,14-15H,3-5,10-11,13H2,1-2H3. The molecule has 0 aliphatic carbocycles. The number of aromatic nitrogens is 1. The Labute approximate surface area is 148 Å². The molecule has 0 radical (unpaired) electrons. The van der Waals surface area contributed by atoms with Crippen LogP contribution < -0.4 is 0 Å². The average molecular weight is 343 g/mol. The van der Waals surface area contributed by atoms with E-state index in [2.05, 4.69) is 22.0 Å². The molecule has 2 aromatic rings. The second-order valence-electron chi connectivity index (χ2n) is 6.53. The molecule has 1 fully saturated rings. The summed E-state index contributed by atoms with van der Waals surface area (Å²) in [6.45, 7) is 5.41. The molecular formula is C19H25N3OS. The molecule has 24 heavy (non-hydrogen) atoms. The summed E-state index contributed by atoms with van der Waals surface area (Å²) in [4.78, 5) is 22.2. The number of rotatable bonds is 5. The lowest BCUT2D eigenvalue weighted by atomic mass is 10.1. The van der Waals surface area contributed by atoms with E-state index in [1.807, 2.05) is 32.3 Å². The van der Waals surface area contributed by atoms with Crippen molar-refractivity contribution in [2.75, 3.05) is 20.1 Å². The van der Waals surface area contributed by atoms with Crippen LogP contribution in [0.25, 0.3) is 0 Å². The maximum Gasteiger partial charge on any atom is 0.254 e. The van der Waals surface area contributed by atoms with Crippen molar-refractivity contribution in [1.82, 2.24) is 14.8 Å². The van der Waals surface area contributed by atoms with Gasteiger partial charge in [0.15, 0.2) is 0 Å². The predicted octanol–water partition coefficient (Wildman–Crippen LogP) is 3.96. The minimum atomic E-state index is 0.0398. The molecule has 5 heteroatoms. The summed E-state index contributed by atoms with van der Waals surface area (Å²) in [5, 5.41) is 0. The van der Waals surface area contributed by atoms with Gasteiger partial charge in [-0.3, -0.25) is 14.7 Å². The molecule has 1 aliphatic heterocycles. The summed E-state index contributed by atoms with van der Waals surface area (Å²) in [6.07, 6.45) is 5.79. The quantitative estimate of drug-likeness (QED) is 0.824. The Morgan fingerprint density at radius 2 is 1.96 bits per heavy atom. The Hall–Kier alpha value is -1.72. The molecule has 3 rings (SSSR count). The fraction of sp³-hybridized carbons (Fsp3) is 0.474. The molecule has 0 saturated carbocycles. The molecule has 0 spiro atoms. The third-order valence-corrected chi connectivity index (χ3v) is 5.77. The number of hydrogen-bond donors (Lipinski definition) is 0. The van der Waals surface area contributed by atoms with E-state index in [0.29, 0.717) is 0 Å². The van der Waals surface area contributed by atoms with Crippen LogP contribution in [0.3, 0.4) is 0 Å². The number of hydrogen-bond acceptors (Lipinski definition) is 4. The van der Waals surface area contributed by atoms with Gasteiger partial charge in [0.2, 0.25) is 0 Å². The minimum Gasteiger partial charge on any atom is -0.334 e. The topological polar surface area (TPSA) is 36.4 Å². The van der Waals surface area contributed by atoms with Gasteiger partial charge >= 0.3 is 0 Å². The third-order valence-electron chi connectivity index (χ3n) is 4.82. The lowest BCUT2D eigenvalue weighted by molar-refractivity contribution is 0.0745. The highest BCUT2D eigenvalue weighted by atomic mass is 32.1. The van der Waals surface area contributed by atoms with Crippen LogP contribution in [0, 0.1) is 0 Å². The van der Waals surface area contributed by atoms with E-state index in [9.17, 15) is 4.79 Å². The van der Waals surface area contributed by atoms with E-state index in [-0.39, 0.29) is 11.9 Å². The maximum absolute atomic E-state index is 12.7. The molecule has 1 unspecified atom stereocenters. The highest BCUT2D eigenvalue weighted by Crippen LogP contribution is 2.23. The smallest absolute Gasteiger partial charge is 0.254 e. The second-order valence-corrected chi connectivity index (χ2v) is 7.45. The maximum atomic E-state index is 12.7. The van der Waals surface area contributed by atoms with E-state index in [4.69, 9.17) is 0 Å². The number of nitrogens with zero attached hydrogens (tertiary/aromatic N) is 3. The monoisotopic (exact) mass is 343 g/mol. The Morgan fingerprint density at radius 3 is 2.58 bits per heavy atom. The van der Waals surface area contributed by atoms with Crippen molar-refractivity contribution >= 4 is 17.2 Å². The van der Waals surface area contributed by atoms with Gasteiger partial charge in [-0.25, -0.2) is 0 Å². The van der Waals surface area contributed by atoms with Gasteiger partial charge in [-0.05, 0) is 50.6 Å². The molecule has 2 heterocycles. The van der Waals surface area contributed by atoms with Crippen molar-refractivity contribution in [2.24, 2.45) is 0 Å². The molecule has 4 nitrogen and oxygen atoms in total. The van der Waals surface area contributed by atoms with Crippen molar-refractivity contribution < 1.29 is 4.79 Å². The summed E-state index contributed by atoms with van der Waals surface area (Å²) in [7, 11) is 1.86. The number of amides is 1. The summed E-state index contributed by atoms with van der Waals surface area (Å²) in [6, 6.07) is 8.13. The number of carbonyl (C=O) groups excluding carboxylic acids is 1. The Kier molecular flexibility index (Phi) is 5.63. The summed E-state index contributed by atoms with van der Waals surface area (Å²) in [5.41, 5.74) is 3.84. The first-order chi connectivity index (χ1) is 11.6. The highest BCUT2D eigenvalue weighted by molar-refractivity contribution is 7.09. The van der Waals surface area contributed by atoms with Crippen molar-refractivity contribution in [2.45, 2.75) is 38.8 Å². The van der Waals surface area contributed by atoms with Crippen molar-refractivity contribution in [3.63, 3.8) is 0 Å². The van der Waals surface area contributed by atoms with Gasteiger partial charge in [-0.2, -0.15) is 0 Å². The second kappa shape index (κ2) is 7.90. The molecule has 128 valence electrons. The first kappa shape index (κ1) is 17.1. The predicted molar refractivity (Wildman–Crippen MR) is 98.2 cm³/mol. The zero-order valence-electron chi connectivity index (χ0n) is 14.4. The number of benzene rings is 1. The van der Waals surface area contributed by atoms with Gasteiger partial charge in [-0.15, -0.1) is 11.3 Å². The van der Waals surface area contributed by atoms with E-state index in [0.717, 1.165) is 17.0 Å². The molecule has 1 atom stereocenters. The molecule has 1 amide bonds. The largest absolute Gasteiger partial charge is 0.334 e. The molecule has 1 aromatic heterocycles. The fourth-order valence-corrected chi connectivity index (χ4v) is 3.85. The molecule has 1 saturated heterocycles. The van der Waals surface area contributed by atoms with Gasteiger partial charge in [-0.1, -0.05) is 18.6 Å². The fourth-order valence-electron chi connectivity index (χ4n) is 3.13. The SMILES string of the molecule is CC(c1cncs1)N(C)C(=O)c1ccc(CN2CCCCC2)cc1. The Balaban J connectivity index is 1.62. The van der Waals surface area contributed by atoms with E-state index >= 15 is 0 Å². The molecule has 1 aromatic carbocycles. The Morgan fingerprint density at radius 1 is 1.25 bits per heavy atom. The molecule has 0 N–H and O–H groups in total. The zero-order chi connectivity index (χ0) is 16.9. The van der Waals surface area contributed by atoms with Gasteiger partial charge < -0.3 is 4.90 Å². The van der Waals surface area contributed by atoms with Crippen LogP contribution in [0.2, 0.25) is 0 Å². The number of carbonyl (C=O) groups is 1. The van der Waals surface area contributed by atoms with Gasteiger partial charge in [0.1, 0.15) is 0 Å². The number of likely N-dealkylation sites (tertiary alicyclic amines) is 1. The lowest BCUT2D eigenvalue weighted by Crippen LogP contribution is -2.30. The van der Waals surface area contributed by atoms with Crippen molar-refractivity contribution in [3.8, 4) is 0 Å². The van der Waals surface area contributed by atoms with Gasteiger partial charge in [0.25, 0.3) is 5.91 Å². The van der Waals surface area contributed by atoms with Crippen LogP contribution >= 0.6 is 11.3 Å². The van der Waals surface area contributed by atoms with Crippen LogP contribution in [0.15, 0.2) is 36.0 Å². The summed E-state index contributed by atoms with van der Waals surface area (Å²) < 4.78 is 0. The van der Waals surface area contributed by atoms with E-state index in [1.165, 1.54) is 37.9 Å². The normalized spacial score (nSPS) is 16.8. The minimum absolute atomic E-state index is 0.0398. The lowest BCUT2D eigenvalue weighted by Gasteiger charge is -2.26. The highest BCUT2D eigenvalue weighted by Gasteiger charge is 2.20. The Bertz CT molecular complexity index is 648. The number of piperidine rings is 1. The van der Waals surface area contributed by atoms with Crippen LogP contribution in [0.4, 0.5) is 0 Å². The molecule has 0 bridgehead atoms. The van der Waals surface area contributed by atoms with Crippen LogP contribution in [-0.2, 0) is 6.54 Å². The zero-order valence-corrected chi connectivity index (χ0v) is 15.3. The third kappa shape index (κ3) is 4.02. The van der Waals surface area contributed by atoms with Crippen LogP contribution in [-0.4, -0.2) is 40.8 Å². The van der Waals surface area contributed by atoms with Crippen molar-refractivity contribution in [3.05, 3.63) is 52.0 Å². The van der Waals surface area contributed by atoms with Gasteiger partial charge in [0.05, 0.1) is 11.6 Å². The van der Waals surface area contributed by atoms with E-state index < -0.39 is 0 Å². The number of thiazole rings is 1. The van der Waals surface area contributed by atoms with Crippen molar-refractivity contribution in [1.29, 1.82) is 0 Å². The summed E-state index contributed by atoms with van der Waals surface area (Å²) >= 11 is 1.58. The molecular weight excluding hydrogens is 318 g/mol.